The number of rotatable bonds is 7. The zero-order valence-electron chi connectivity index (χ0n) is 31.2. The number of hydrogen-bond donors (Lipinski definition) is 2. The Hall–Kier alpha value is -2.32. The molecule has 10 unspecified atom stereocenters. The minimum atomic E-state index is -4.27. The van der Waals surface area contributed by atoms with E-state index in [0.29, 0.717) is 23.7 Å². The average molecular weight is 704 g/mol. The Morgan fingerprint density at radius 1 is 0.900 bits per heavy atom. The maximum absolute atomic E-state index is 12.8. The number of fused-ring (bicyclic) bond motifs is 6. The second-order valence-electron chi connectivity index (χ2n) is 17.7. The molecule has 1 aromatic heterocycles. The largest absolute Gasteiger partial charge is 0.744 e. The minimum absolute atomic E-state index is 0.00757. The predicted molar refractivity (Wildman–Crippen MR) is 198 cm³/mol. The third-order valence-corrected chi connectivity index (χ3v) is 15.3. The molecule has 274 valence electrons. The van der Waals surface area contributed by atoms with Gasteiger partial charge in [0, 0.05) is 29.7 Å². The van der Waals surface area contributed by atoms with Crippen LogP contribution >= 0.6 is 0 Å². The van der Waals surface area contributed by atoms with Crippen LogP contribution < -0.4 is 4.57 Å². The molecule has 0 saturated heterocycles. The SMILES string of the molecule is CC(C)CCCC(C)C1CCC2C3CC([n+]4ccc5ccccc5c4)C4(O)CC(O)CCC4(C)C3CCC12C.Cc1ccc(S(=O)(=O)[O-])cc1. The highest BCUT2D eigenvalue weighted by atomic mass is 32.2. The summed E-state index contributed by atoms with van der Waals surface area (Å²) in [7, 11) is -4.27. The molecule has 2 N–H and O–H groups in total. The smallest absolute Gasteiger partial charge is 0.187 e. The Balaban J connectivity index is 0.000000336. The van der Waals surface area contributed by atoms with Gasteiger partial charge in [0.05, 0.1) is 11.0 Å². The molecular formula is C43H61NO5S. The highest BCUT2D eigenvalue weighted by molar-refractivity contribution is 7.85. The Morgan fingerprint density at radius 2 is 1.60 bits per heavy atom. The second kappa shape index (κ2) is 14.2. The first kappa shape index (κ1) is 37.4. The van der Waals surface area contributed by atoms with Gasteiger partial charge in [0.2, 0.25) is 0 Å². The van der Waals surface area contributed by atoms with E-state index in [9.17, 15) is 23.2 Å². The number of benzene rings is 2. The summed E-state index contributed by atoms with van der Waals surface area (Å²) in [5, 5.41) is 26.1. The van der Waals surface area contributed by atoms with E-state index < -0.39 is 21.8 Å². The van der Waals surface area contributed by atoms with E-state index >= 15 is 0 Å². The predicted octanol–water partition coefficient (Wildman–Crippen LogP) is 8.77. The summed E-state index contributed by atoms with van der Waals surface area (Å²) in [5.74, 6) is 4.41. The van der Waals surface area contributed by atoms with Crippen LogP contribution in [0.2, 0.25) is 0 Å². The van der Waals surface area contributed by atoms with Crippen LogP contribution in [0.4, 0.5) is 0 Å². The molecule has 4 aliphatic rings. The van der Waals surface area contributed by atoms with E-state index in [-0.39, 0.29) is 16.4 Å². The van der Waals surface area contributed by atoms with Crippen molar-refractivity contribution in [3.05, 3.63) is 72.6 Å². The van der Waals surface area contributed by atoms with Crippen LogP contribution in [-0.2, 0) is 10.1 Å². The lowest BCUT2D eigenvalue weighted by atomic mass is 9.42. The average Bonchev–Trinajstić information content (AvgIpc) is 3.42. The lowest BCUT2D eigenvalue weighted by Crippen LogP contribution is -2.71. The van der Waals surface area contributed by atoms with Crippen LogP contribution in [0.25, 0.3) is 10.8 Å². The van der Waals surface area contributed by atoms with Crippen molar-refractivity contribution >= 4 is 20.9 Å². The molecule has 0 bridgehead atoms. The Labute approximate surface area is 301 Å². The quantitative estimate of drug-likeness (QED) is 0.189. The molecule has 0 amide bonds. The van der Waals surface area contributed by atoms with Gasteiger partial charge in [0.1, 0.15) is 15.7 Å². The van der Waals surface area contributed by atoms with Crippen molar-refractivity contribution < 1.29 is 27.8 Å². The number of pyridine rings is 1. The fraction of sp³-hybridized carbons (Fsp3) is 0.651. The molecule has 2 aromatic carbocycles. The van der Waals surface area contributed by atoms with Gasteiger partial charge in [-0.1, -0.05) is 89.8 Å². The number of hydrogen-bond acceptors (Lipinski definition) is 5. The Morgan fingerprint density at radius 3 is 2.28 bits per heavy atom. The van der Waals surface area contributed by atoms with Crippen molar-refractivity contribution in [2.45, 2.75) is 135 Å². The zero-order chi connectivity index (χ0) is 36.1. The van der Waals surface area contributed by atoms with Gasteiger partial charge in [-0.25, -0.2) is 8.42 Å². The summed E-state index contributed by atoms with van der Waals surface area (Å²) < 4.78 is 33.5. The van der Waals surface area contributed by atoms with Gasteiger partial charge in [0.15, 0.2) is 18.4 Å². The second-order valence-corrected chi connectivity index (χ2v) is 19.1. The molecule has 0 aliphatic heterocycles. The van der Waals surface area contributed by atoms with Crippen molar-refractivity contribution in [3.8, 4) is 0 Å². The molecule has 7 rings (SSSR count). The van der Waals surface area contributed by atoms with Gasteiger partial charge in [0.25, 0.3) is 0 Å². The number of aliphatic hydroxyl groups is 2. The van der Waals surface area contributed by atoms with Crippen molar-refractivity contribution in [1.82, 2.24) is 0 Å². The highest BCUT2D eigenvalue weighted by Crippen LogP contribution is 2.70. The van der Waals surface area contributed by atoms with E-state index in [4.69, 9.17) is 0 Å². The lowest BCUT2D eigenvalue weighted by molar-refractivity contribution is -0.746. The summed E-state index contributed by atoms with van der Waals surface area (Å²) in [4.78, 5) is -0.178. The standard InChI is InChI=1S/C36H54NO2.C7H8O3S/c1-24(2)9-8-10-25(3)30-13-14-31-29-21-33(37-20-17-26-11-6-7-12-27(26)23-37)36(39)22-28(38)15-19-35(36,5)32(29)16-18-34(30,31)4;1-6-2-4-7(5-3-6)11(8,9)10/h6-7,11-12,17,20,23-25,28-33,38-39H,8-10,13-16,18-19,21-22H2,1-5H3;2-5H,1H3,(H,8,9,10)/q+1;/p-1. The summed E-state index contributed by atoms with van der Waals surface area (Å²) in [6, 6.07) is 16.6. The number of nitrogens with zero attached hydrogens (tertiary/aromatic N) is 1. The van der Waals surface area contributed by atoms with Gasteiger partial charge >= 0.3 is 0 Å². The zero-order valence-corrected chi connectivity index (χ0v) is 32.0. The Kier molecular flexibility index (Phi) is 10.7. The van der Waals surface area contributed by atoms with Crippen LogP contribution in [0, 0.1) is 53.3 Å². The first-order valence-corrected chi connectivity index (χ1v) is 20.8. The normalized spacial score (nSPS) is 35.8. The molecule has 10 atom stereocenters. The molecule has 50 heavy (non-hydrogen) atoms. The van der Waals surface area contributed by atoms with E-state index in [1.54, 1.807) is 12.1 Å². The molecule has 0 spiro atoms. The highest BCUT2D eigenvalue weighted by Gasteiger charge is 2.70. The summed E-state index contributed by atoms with van der Waals surface area (Å²) in [5.41, 5.74) is 0.324. The third-order valence-electron chi connectivity index (χ3n) is 14.4. The monoisotopic (exact) mass is 703 g/mol. The Bertz CT molecular complexity index is 1740. The van der Waals surface area contributed by atoms with Gasteiger partial charge in [-0.2, -0.15) is 4.57 Å². The fourth-order valence-corrected chi connectivity index (χ4v) is 12.2. The molecule has 4 fully saturated rings. The van der Waals surface area contributed by atoms with E-state index in [0.717, 1.165) is 48.5 Å². The molecule has 7 heteroatoms. The first-order chi connectivity index (χ1) is 23.6. The summed E-state index contributed by atoms with van der Waals surface area (Å²) in [6.07, 6.45) is 16.8. The molecule has 4 aliphatic carbocycles. The minimum Gasteiger partial charge on any atom is -0.744 e. The maximum atomic E-state index is 12.8. The molecule has 4 saturated carbocycles. The van der Waals surface area contributed by atoms with E-state index in [2.05, 4.69) is 81.9 Å². The van der Waals surface area contributed by atoms with Gasteiger partial charge < -0.3 is 14.8 Å². The van der Waals surface area contributed by atoms with Crippen LogP contribution in [0.5, 0.6) is 0 Å². The summed E-state index contributed by atoms with van der Waals surface area (Å²) in [6.45, 7) is 14.2. The lowest BCUT2D eigenvalue weighted by Gasteiger charge is -2.64. The van der Waals surface area contributed by atoms with Gasteiger partial charge in [-0.3, -0.25) is 0 Å². The fourth-order valence-electron chi connectivity index (χ4n) is 11.7. The van der Waals surface area contributed by atoms with Crippen LogP contribution in [0.3, 0.4) is 0 Å². The number of aromatic nitrogens is 1. The van der Waals surface area contributed by atoms with Crippen molar-refractivity contribution in [3.63, 3.8) is 0 Å². The first-order valence-electron chi connectivity index (χ1n) is 19.4. The number of aliphatic hydroxyl groups excluding tert-OH is 1. The molecule has 0 radical (unpaired) electrons. The van der Waals surface area contributed by atoms with Crippen molar-refractivity contribution in [2.75, 3.05) is 0 Å². The van der Waals surface area contributed by atoms with Gasteiger partial charge in [-0.05, 0) is 110 Å². The maximum Gasteiger partial charge on any atom is 0.187 e. The van der Waals surface area contributed by atoms with Gasteiger partial charge in [-0.15, -0.1) is 0 Å². The molecule has 1 heterocycles. The number of aryl methyl sites for hydroxylation is 1. The summed E-state index contributed by atoms with van der Waals surface area (Å²) >= 11 is 0. The van der Waals surface area contributed by atoms with Crippen LogP contribution in [-0.4, -0.2) is 34.9 Å². The molecule has 6 nitrogen and oxygen atoms in total. The third kappa shape index (κ3) is 6.93. The van der Waals surface area contributed by atoms with Crippen LogP contribution in [0.15, 0.2) is 71.9 Å². The molecule has 3 aromatic rings. The molecular weight excluding hydrogens is 643 g/mol. The van der Waals surface area contributed by atoms with E-state index in [1.165, 1.54) is 67.9 Å². The van der Waals surface area contributed by atoms with Crippen molar-refractivity contribution in [1.29, 1.82) is 0 Å². The van der Waals surface area contributed by atoms with Crippen LogP contribution in [0.1, 0.15) is 117 Å². The van der Waals surface area contributed by atoms with E-state index in [1.807, 2.05) is 6.92 Å². The topological polar surface area (TPSA) is 102 Å². The van der Waals surface area contributed by atoms with Crippen molar-refractivity contribution in [2.24, 2.45) is 46.3 Å².